The quantitative estimate of drug-likeness (QED) is 0.205. The smallest absolute Gasteiger partial charge is 0.101 e. The molecule has 1 aliphatic carbocycles. The van der Waals surface area contributed by atoms with E-state index in [4.69, 9.17) is 0 Å². The van der Waals surface area contributed by atoms with Gasteiger partial charge in [0.1, 0.15) is 6.07 Å². The third kappa shape index (κ3) is 3.31. The van der Waals surface area contributed by atoms with Crippen molar-refractivity contribution in [2.75, 3.05) is 3.11 Å². The summed E-state index contributed by atoms with van der Waals surface area (Å²) in [5.41, 5.74) is 4.32. The zero-order valence-corrected chi connectivity index (χ0v) is 19.0. The highest BCUT2D eigenvalue weighted by Crippen LogP contribution is 2.46. The van der Waals surface area contributed by atoms with Crippen LogP contribution in [0, 0.1) is 11.3 Å². The number of hydrogen-bond acceptors (Lipinski definition) is 3. The summed E-state index contributed by atoms with van der Waals surface area (Å²) in [4.78, 5) is 0. The van der Waals surface area contributed by atoms with E-state index >= 15 is 0 Å². The van der Waals surface area contributed by atoms with Gasteiger partial charge >= 0.3 is 0 Å². The van der Waals surface area contributed by atoms with E-state index < -0.39 is 0 Å². The minimum absolute atomic E-state index is 0.694. The number of thiophene rings is 1. The Hall–Kier alpha value is -2.10. The van der Waals surface area contributed by atoms with E-state index in [1.807, 2.05) is 35.6 Å². The number of nitrogens with zero attached hydrogens (tertiary/aromatic N) is 2. The van der Waals surface area contributed by atoms with Gasteiger partial charge in [0.25, 0.3) is 0 Å². The van der Waals surface area contributed by atoms with Gasteiger partial charge in [0, 0.05) is 15.5 Å². The number of nitriles is 1. The molecule has 0 aliphatic heterocycles. The fourth-order valence-corrected chi connectivity index (χ4v) is 6.97. The zero-order chi connectivity index (χ0) is 19.8. The lowest BCUT2D eigenvalue weighted by Gasteiger charge is -2.22. The molecule has 0 N–H and O–H groups in total. The largest absolute Gasteiger partial charge is 0.280 e. The fourth-order valence-electron chi connectivity index (χ4n) is 4.59. The Bertz CT molecular complexity index is 1230. The van der Waals surface area contributed by atoms with Gasteiger partial charge in [-0.2, -0.15) is 5.26 Å². The van der Waals surface area contributed by atoms with Crippen LogP contribution in [0.3, 0.4) is 0 Å². The van der Waals surface area contributed by atoms with Gasteiger partial charge in [-0.1, -0.05) is 61.7 Å². The summed E-state index contributed by atoms with van der Waals surface area (Å²) in [5.74, 6) is 0.694. The predicted molar refractivity (Wildman–Crippen MR) is 132 cm³/mol. The van der Waals surface area contributed by atoms with Gasteiger partial charge in [-0.3, -0.25) is 3.11 Å². The van der Waals surface area contributed by atoms with E-state index in [0.29, 0.717) is 11.5 Å². The molecule has 144 valence electrons. The summed E-state index contributed by atoms with van der Waals surface area (Å²) < 4.78 is 4.88. The summed E-state index contributed by atoms with van der Waals surface area (Å²) in [5, 5.41) is 12.2. The molecule has 0 unspecified atom stereocenters. The van der Waals surface area contributed by atoms with Gasteiger partial charge in [0.05, 0.1) is 44.5 Å². The number of halogens is 1. The second kappa shape index (κ2) is 7.97. The molecule has 2 nitrogen and oxygen atoms in total. The Morgan fingerprint density at radius 2 is 1.52 bits per heavy atom. The lowest BCUT2D eigenvalue weighted by molar-refractivity contribution is 0.446. The van der Waals surface area contributed by atoms with Crippen LogP contribution < -0.4 is 3.11 Å². The van der Waals surface area contributed by atoms with Crippen LogP contribution in [0.15, 0.2) is 60.7 Å². The second-order valence-corrected chi connectivity index (χ2v) is 9.71. The Labute approximate surface area is 189 Å². The molecule has 1 fully saturated rings. The summed E-state index contributed by atoms with van der Waals surface area (Å²) >= 11 is 4.25. The van der Waals surface area contributed by atoms with Gasteiger partial charge < -0.3 is 0 Å². The number of rotatable bonds is 3. The SMILES string of the molecule is N#Cc1ccccc1N(I)c1cccc2c1sc1c(C3CCCCC3)cccc12. The summed E-state index contributed by atoms with van der Waals surface area (Å²) in [6, 6.07) is 23.5. The van der Waals surface area contributed by atoms with Gasteiger partial charge in [0.2, 0.25) is 0 Å². The number of anilines is 2. The third-order valence-corrected chi connectivity index (χ3v) is 8.36. The van der Waals surface area contributed by atoms with E-state index in [2.05, 4.69) is 68.4 Å². The summed E-state index contributed by atoms with van der Waals surface area (Å²) in [7, 11) is 0. The first-order valence-corrected chi connectivity index (χ1v) is 12.0. The van der Waals surface area contributed by atoms with E-state index in [0.717, 1.165) is 11.4 Å². The standard InChI is InChI=1S/C25H21IN2S/c26-28(22-14-5-4-10-18(22)16-27)23-15-7-13-21-20-12-6-11-19(24(20)29-25(21)23)17-8-2-1-3-9-17/h4-7,10-15,17H,1-3,8-9H2. The maximum atomic E-state index is 9.55. The molecule has 0 amide bonds. The monoisotopic (exact) mass is 508 g/mol. The molecular weight excluding hydrogens is 487 g/mol. The van der Waals surface area contributed by atoms with Gasteiger partial charge in [-0.15, -0.1) is 11.3 Å². The molecule has 1 aromatic heterocycles. The van der Waals surface area contributed by atoms with Gasteiger partial charge in [-0.25, -0.2) is 0 Å². The lowest BCUT2D eigenvalue weighted by atomic mass is 9.84. The topological polar surface area (TPSA) is 27.0 Å². The molecule has 29 heavy (non-hydrogen) atoms. The van der Waals surface area contributed by atoms with Crippen molar-refractivity contribution < 1.29 is 0 Å². The molecule has 1 saturated carbocycles. The van der Waals surface area contributed by atoms with E-state index in [-0.39, 0.29) is 0 Å². The van der Waals surface area contributed by atoms with Crippen molar-refractivity contribution in [2.24, 2.45) is 0 Å². The molecule has 0 spiro atoms. The fraction of sp³-hybridized carbons (Fsp3) is 0.240. The van der Waals surface area contributed by atoms with Crippen LogP contribution >= 0.6 is 34.2 Å². The highest BCUT2D eigenvalue weighted by Gasteiger charge is 2.21. The maximum absolute atomic E-state index is 9.55. The Kier molecular flexibility index (Phi) is 5.19. The van der Waals surface area contributed by atoms with Crippen molar-refractivity contribution in [2.45, 2.75) is 38.0 Å². The summed E-state index contributed by atoms with van der Waals surface area (Å²) in [6.45, 7) is 0. The Morgan fingerprint density at radius 1 is 0.828 bits per heavy atom. The normalized spacial score (nSPS) is 14.9. The number of benzene rings is 3. The molecule has 0 bridgehead atoms. The van der Waals surface area contributed by atoms with Crippen LogP contribution in [0.2, 0.25) is 0 Å². The van der Waals surface area contributed by atoms with Crippen molar-refractivity contribution >= 4 is 65.7 Å². The number of para-hydroxylation sites is 1. The Morgan fingerprint density at radius 3 is 2.31 bits per heavy atom. The molecule has 4 heteroatoms. The van der Waals surface area contributed by atoms with E-state index in [1.54, 1.807) is 0 Å². The first-order chi connectivity index (χ1) is 14.3. The van der Waals surface area contributed by atoms with Gasteiger partial charge in [0.15, 0.2) is 0 Å². The lowest BCUT2D eigenvalue weighted by Crippen LogP contribution is -2.04. The molecule has 4 aromatic rings. The highest BCUT2D eigenvalue weighted by atomic mass is 127. The summed E-state index contributed by atoms with van der Waals surface area (Å²) in [6.07, 6.45) is 6.71. The van der Waals surface area contributed by atoms with E-state index in [1.165, 1.54) is 57.8 Å². The average Bonchev–Trinajstić information content (AvgIpc) is 3.18. The Balaban J connectivity index is 1.69. The van der Waals surface area contributed by atoms with Crippen molar-refractivity contribution in [3.8, 4) is 6.07 Å². The minimum atomic E-state index is 0.694. The van der Waals surface area contributed by atoms with Crippen molar-refractivity contribution in [1.29, 1.82) is 5.26 Å². The van der Waals surface area contributed by atoms with Crippen LogP contribution in [-0.4, -0.2) is 0 Å². The zero-order valence-electron chi connectivity index (χ0n) is 16.1. The van der Waals surface area contributed by atoms with Crippen molar-refractivity contribution in [3.63, 3.8) is 0 Å². The van der Waals surface area contributed by atoms with Crippen LogP contribution in [0.4, 0.5) is 11.4 Å². The molecule has 1 heterocycles. The van der Waals surface area contributed by atoms with E-state index in [9.17, 15) is 5.26 Å². The minimum Gasteiger partial charge on any atom is -0.280 e. The first-order valence-electron chi connectivity index (χ1n) is 10.2. The van der Waals surface area contributed by atoms with Crippen LogP contribution in [0.5, 0.6) is 0 Å². The van der Waals surface area contributed by atoms with Crippen LogP contribution in [0.25, 0.3) is 20.2 Å². The van der Waals surface area contributed by atoms with Crippen molar-refractivity contribution in [3.05, 3.63) is 71.8 Å². The van der Waals surface area contributed by atoms with Crippen LogP contribution in [-0.2, 0) is 0 Å². The average molecular weight is 508 g/mol. The molecule has 3 aromatic carbocycles. The third-order valence-electron chi connectivity index (χ3n) is 6.03. The number of hydrogen-bond donors (Lipinski definition) is 0. The maximum Gasteiger partial charge on any atom is 0.101 e. The molecule has 1 aliphatic rings. The predicted octanol–water partition coefficient (Wildman–Crippen LogP) is 8.46. The second-order valence-electron chi connectivity index (χ2n) is 7.72. The highest BCUT2D eigenvalue weighted by molar-refractivity contribution is 14.1. The molecular formula is C25H21IN2S. The first kappa shape index (κ1) is 18.9. The molecule has 0 atom stereocenters. The van der Waals surface area contributed by atoms with Crippen molar-refractivity contribution in [1.82, 2.24) is 0 Å². The van der Waals surface area contributed by atoms with Crippen LogP contribution in [0.1, 0.15) is 49.1 Å². The molecule has 5 rings (SSSR count). The number of fused-ring (bicyclic) bond motifs is 3. The molecule has 0 radical (unpaired) electrons. The van der Waals surface area contributed by atoms with Gasteiger partial charge in [-0.05, 0) is 42.5 Å². The molecule has 0 saturated heterocycles.